The molecule has 4 rings (SSSR count). The van der Waals surface area contributed by atoms with Gasteiger partial charge in [-0.05, 0) is 35.0 Å². The van der Waals surface area contributed by atoms with E-state index in [1.54, 1.807) is 24.3 Å². The Hall–Kier alpha value is -2.41. The molecule has 1 saturated heterocycles. The van der Waals surface area contributed by atoms with E-state index in [1.165, 1.54) is 27.6 Å². The number of benzene rings is 1. The summed E-state index contributed by atoms with van der Waals surface area (Å²) in [6.07, 6.45) is 0. The average molecular weight is 416 g/mol. The van der Waals surface area contributed by atoms with Crippen LogP contribution in [0.2, 0.25) is 5.02 Å². The molecule has 4 nitrogen and oxygen atoms in total. The van der Waals surface area contributed by atoms with Gasteiger partial charge in [-0.25, -0.2) is 0 Å². The van der Waals surface area contributed by atoms with Gasteiger partial charge in [0.15, 0.2) is 0 Å². The predicted molar refractivity (Wildman–Crippen MR) is 108 cm³/mol. The first-order chi connectivity index (χ1) is 13.1. The molecule has 2 aromatic heterocycles. The highest BCUT2D eigenvalue weighted by Gasteiger charge is 2.46. The average Bonchev–Trinajstić information content (AvgIpc) is 3.40. The maximum atomic E-state index is 12.8. The summed E-state index contributed by atoms with van der Waals surface area (Å²) in [7, 11) is 0. The Labute approximate surface area is 169 Å². The molecule has 1 N–H and O–H groups in total. The zero-order chi connectivity index (χ0) is 19.0. The fourth-order valence-corrected chi connectivity index (χ4v) is 4.89. The number of halogens is 1. The van der Waals surface area contributed by atoms with E-state index in [-0.39, 0.29) is 11.3 Å². The molecule has 0 bridgehead atoms. The monoisotopic (exact) mass is 415 g/mol. The van der Waals surface area contributed by atoms with Crippen molar-refractivity contribution in [3.63, 3.8) is 0 Å². The zero-order valence-electron chi connectivity index (χ0n) is 14.0. The van der Waals surface area contributed by atoms with Gasteiger partial charge in [-0.3, -0.25) is 9.59 Å². The van der Waals surface area contributed by atoms with Crippen LogP contribution in [0.1, 0.15) is 21.4 Å². The van der Waals surface area contributed by atoms with Crippen LogP contribution >= 0.6 is 34.3 Å². The maximum absolute atomic E-state index is 12.8. The molecule has 1 aliphatic rings. The Kier molecular flexibility index (Phi) is 4.86. The van der Waals surface area contributed by atoms with E-state index < -0.39 is 17.7 Å². The summed E-state index contributed by atoms with van der Waals surface area (Å²) in [6, 6.07) is 13.6. The number of aliphatic hydroxyl groups excluding tert-OH is 1. The topological polar surface area (TPSA) is 57.6 Å². The minimum atomic E-state index is -0.678. The first kappa shape index (κ1) is 18.0. The lowest BCUT2D eigenvalue weighted by atomic mass is 10.00. The summed E-state index contributed by atoms with van der Waals surface area (Å²) in [5.41, 5.74) is 0.513. The van der Waals surface area contributed by atoms with Crippen LogP contribution in [0.25, 0.3) is 5.76 Å². The second-order valence-corrected chi connectivity index (χ2v) is 8.48. The predicted octanol–water partition coefficient (Wildman–Crippen LogP) is 5.08. The van der Waals surface area contributed by atoms with Gasteiger partial charge in [0.05, 0.1) is 12.1 Å². The van der Waals surface area contributed by atoms with Crippen molar-refractivity contribution in [2.45, 2.75) is 12.6 Å². The summed E-state index contributed by atoms with van der Waals surface area (Å²) in [4.78, 5) is 28.9. The van der Waals surface area contributed by atoms with Crippen molar-refractivity contribution >= 4 is 51.7 Å². The highest BCUT2D eigenvalue weighted by molar-refractivity contribution is 7.10. The largest absolute Gasteiger partial charge is 0.507 e. The van der Waals surface area contributed by atoms with Gasteiger partial charge in [0.25, 0.3) is 11.7 Å². The van der Waals surface area contributed by atoms with E-state index in [4.69, 9.17) is 11.6 Å². The normalized spacial score (nSPS) is 19.0. The molecule has 0 spiro atoms. The van der Waals surface area contributed by atoms with Gasteiger partial charge in [0.1, 0.15) is 11.8 Å². The molecule has 27 heavy (non-hydrogen) atoms. The summed E-state index contributed by atoms with van der Waals surface area (Å²) in [5.74, 6) is -1.49. The van der Waals surface area contributed by atoms with Crippen LogP contribution < -0.4 is 0 Å². The SMILES string of the molecule is O=C1C(=O)N(Cc2cccs2)C(c2cccs2)/C1=C(/O)c1cccc(Cl)c1. The van der Waals surface area contributed by atoms with Crippen molar-refractivity contribution in [1.82, 2.24) is 4.90 Å². The number of ketones is 1. The van der Waals surface area contributed by atoms with Crippen molar-refractivity contribution in [3.8, 4) is 0 Å². The fraction of sp³-hybridized carbons (Fsp3) is 0.100. The highest BCUT2D eigenvalue weighted by atomic mass is 35.5. The molecule has 136 valence electrons. The number of amides is 1. The van der Waals surface area contributed by atoms with E-state index >= 15 is 0 Å². The summed E-state index contributed by atoms with van der Waals surface area (Å²) in [6.45, 7) is 0.317. The quantitative estimate of drug-likeness (QED) is 0.367. The number of aliphatic hydroxyl groups is 1. The highest BCUT2D eigenvalue weighted by Crippen LogP contribution is 2.42. The molecule has 1 fully saturated rings. The fourth-order valence-electron chi connectivity index (χ4n) is 3.15. The van der Waals surface area contributed by atoms with Crippen LogP contribution in [0.4, 0.5) is 0 Å². The number of thiophene rings is 2. The van der Waals surface area contributed by atoms with Crippen molar-refractivity contribution in [2.24, 2.45) is 0 Å². The van der Waals surface area contributed by atoms with Gasteiger partial charge >= 0.3 is 0 Å². The number of Topliss-reactive ketones (excluding diaryl/α,β-unsaturated/α-hetero) is 1. The van der Waals surface area contributed by atoms with E-state index in [0.717, 1.165) is 9.75 Å². The van der Waals surface area contributed by atoms with E-state index in [2.05, 4.69) is 0 Å². The van der Waals surface area contributed by atoms with Gasteiger partial charge in [0.2, 0.25) is 0 Å². The number of nitrogens with zero attached hydrogens (tertiary/aromatic N) is 1. The smallest absolute Gasteiger partial charge is 0.296 e. The number of hydrogen-bond donors (Lipinski definition) is 1. The number of hydrogen-bond acceptors (Lipinski definition) is 5. The third-order valence-corrected chi connectivity index (χ3v) is 6.38. The standard InChI is InChI=1S/C20H14ClNO3S2/c21-13-5-1-4-12(10-13)18(23)16-17(15-7-3-9-27-15)22(20(25)19(16)24)11-14-6-2-8-26-14/h1-10,17,23H,11H2/b18-16-. The van der Waals surface area contributed by atoms with Crippen LogP contribution in [-0.4, -0.2) is 21.7 Å². The van der Waals surface area contributed by atoms with Crippen LogP contribution in [0, 0.1) is 0 Å². The van der Waals surface area contributed by atoms with Crippen molar-refractivity contribution in [2.75, 3.05) is 0 Å². The Morgan fingerprint density at radius 2 is 1.85 bits per heavy atom. The lowest BCUT2D eigenvalue weighted by Gasteiger charge is -2.23. The van der Waals surface area contributed by atoms with Gasteiger partial charge < -0.3 is 10.0 Å². The van der Waals surface area contributed by atoms with Gasteiger partial charge in [-0.1, -0.05) is 35.9 Å². The Morgan fingerprint density at radius 1 is 1.07 bits per heavy atom. The summed E-state index contributed by atoms with van der Waals surface area (Å²) in [5, 5.41) is 15.1. The molecular weight excluding hydrogens is 402 g/mol. The van der Waals surface area contributed by atoms with Crippen molar-refractivity contribution < 1.29 is 14.7 Å². The van der Waals surface area contributed by atoms with Crippen LogP contribution in [0.5, 0.6) is 0 Å². The molecule has 1 atom stereocenters. The molecule has 0 aliphatic carbocycles. The minimum absolute atomic E-state index is 0.0984. The summed E-state index contributed by atoms with van der Waals surface area (Å²) < 4.78 is 0. The number of likely N-dealkylation sites (tertiary alicyclic amines) is 1. The van der Waals surface area contributed by atoms with Crippen molar-refractivity contribution in [3.05, 3.63) is 85.2 Å². The molecule has 1 aliphatic heterocycles. The molecule has 0 saturated carbocycles. The molecule has 1 aromatic carbocycles. The molecule has 1 amide bonds. The molecule has 3 aromatic rings. The number of rotatable bonds is 4. The van der Waals surface area contributed by atoms with Crippen LogP contribution in [-0.2, 0) is 16.1 Å². The molecule has 3 heterocycles. The molecule has 7 heteroatoms. The van der Waals surface area contributed by atoms with Crippen LogP contribution in [0.3, 0.4) is 0 Å². The van der Waals surface area contributed by atoms with Crippen molar-refractivity contribution in [1.29, 1.82) is 0 Å². The lowest BCUT2D eigenvalue weighted by Crippen LogP contribution is -2.28. The number of carbonyl (C=O) groups is 2. The van der Waals surface area contributed by atoms with E-state index in [1.807, 2.05) is 35.0 Å². The van der Waals surface area contributed by atoms with Gasteiger partial charge in [-0.2, -0.15) is 0 Å². The minimum Gasteiger partial charge on any atom is -0.507 e. The van der Waals surface area contributed by atoms with E-state index in [0.29, 0.717) is 17.1 Å². The lowest BCUT2D eigenvalue weighted by molar-refractivity contribution is -0.140. The second kappa shape index (κ2) is 7.31. The Balaban J connectivity index is 1.85. The second-order valence-electron chi connectivity index (χ2n) is 6.03. The molecule has 0 radical (unpaired) electrons. The zero-order valence-corrected chi connectivity index (χ0v) is 16.4. The van der Waals surface area contributed by atoms with Gasteiger partial charge in [-0.15, -0.1) is 22.7 Å². The first-order valence-corrected chi connectivity index (χ1v) is 10.3. The Morgan fingerprint density at radius 3 is 2.52 bits per heavy atom. The Bertz CT molecular complexity index is 1030. The summed E-state index contributed by atoms with van der Waals surface area (Å²) >= 11 is 9.00. The maximum Gasteiger partial charge on any atom is 0.296 e. The van der Waals surface area contributed by atoms with Crippen LogP contribution in [0.15, 0.2) is 64.9 Å². The van der Waals surface area contributed by atoms with Gasteiger partial charge in [0, 0.05) is 20.3 Å². The molecule has 1 unspecified atom stereocenters. The number of carbonyl (C=O) groups excluding carboxylic acids is 2. The van der Waals surface area contributed by atoms with E-state index in [9.17, 15) is 14.7 Å². The molecular formula is C20H14ClNO3S2. The third-order valence-electron chi connectivity index (χ3n) is 4.36. The third kappa shape index (κ3) is 3.32. The first-order valence-electron chi connectivity index (χ1n) is 8.16.